The highest BCUT2D eigenvalue weighted by atomic mass is 16.7. The average Bonchev–Trinajstić information content (AvgIpc) is 3.37. The number of hydrogen-bond acceptors (Lipinski definition) is 4. The van der Waals surface area contributed by atoms with E-state index in [0.717, 1.165) is 41.2 Å². The van der Waals surface area contributed by atoms with Crippen LogP contribution in [0.25, 0.3) is 0 Å². The second-order valence-corrected chi connectivity index (χ2v) is 7.50. The summed E-state index contributed by atoms with van der Waals surface area (Å²) in [6.45, 7) is 0.855. The van der Waals surface area contributed by atoms with E-state index in [2.05, 4.69) is 0 Å². The van der Waals surface area contributed by atoms with E-state index in [9.17, 15) is 4.79 Å². The number of amides is 1. The molecule has 27 heavy (non-hydrogen) atoms. The van der Waals surface area contributed by atoms with Gasteiger partial charge in [-0.15, -0.1) is 0 Å². The highest BCUT2D eigenvalue weighted by Crippen LogP contribution is 2.34. The van der Waals surface area contributed by atoms with Crippen LogP contribution >= 0.6 is 0 Å². The lowest BCUT2D eigenvalue weighted by molar-refractivity contribution is 0.0664. The Bertz CT molecular complexity index is 828. The predicted molar refractivity (Wildman–Crippen MR) is 105 cm³/mol. The third kappa shape index (κ3) is 3.72. The molecule has 0 aromatic heterocycles. The molecule has 1 fully saturated rings. The maximum atomic E-state index is 13.4. The minimum Gasteiger partial charge on any atom is -0.454 e. The molecular weight excluding hydrogens is 340 g/mol. The van der Waals surface area contributed by atoms with Crippen molar-refractivity contribution in [3.63, 3.8) is 0 Å². The standard InChI is InChI=1S/C22H26N2O3/c1-23(2)19-9-5-6-17(13-19)22(25)24(18-7-3-4-8-18)14-16-10-11-20-21(12-16)27-15-26-20/h5-6,9-13,18H,3-4,7-8,14-15H2,1-2H3. The third-order valence-corrected chi connectivity index (χ3v) is 5.43. The van der Waals surface area contributed by atoms with Crippen LogP contribution < -0.4 is 14.4 Å². The van der Waals surface area contributed by atoms with Crippen molar-refractivity contribution in [3.8, 4) is 11.5 Å². The molecule has 2 aliphatic rings. The minimum absolute atomic E-state index is 0.100. The summed E-state index contributed by atoms with van der Waals surface area (Å²) < 4.78 is 10.9. The van der Waals surface area contributed by atoms with Crippen LogP contribution in [0.3, 0.4) is 0 Å². The zero-order chi connectivity index (χ0) is 18.8. The van der Waals surface area contributed by atoms with Crippen LogP contribution in [0.4, 0.5) is 5.69 Å². The van der Waals surface area contributed by atoms with Crippen molar-refractivity contribution in [1.29, 1.82) is 0 Å². The minimum atomic E-state index is 0.100. The number of rotatable bonds is 5. The SMILES string of the molecule is CN(C)c1cccc(C(=O)N(Cc2ccc3c(c2)OCO3)C2CCCC2)c1. The Morgan fingerprint density at radius 3 is 2.59 bits per heavy atom. The molecule has 5 nitrogen and oxygen atoms in total. The van der Waals surface area contributed by atoms with E-state index in [1.165, 1.54) is 12.8 Å². The lowest BCUT2D eigenvalue weighted by Gasteiger charge is -2.29. The van der Waals surface area contributed by atoms with Crippen molar-refractivity contribution in [2.75, 3.05) is 25.8 Å². The van der Waals surface area contributed by atoms with E-state index in [1.54, 1.807) is 0 Å². The van der Waals surface area contributed by atoms with Gasteiger partial charge in [-0.05, 0) is 48.7 Å². The Morgan fingerprint density at radius 1 is 1.04 bits per heavy atom. The Hall–Kier alpha value is -2.69. The number of hydrogen-bond donors (Lipinski definition) is 0. The average molecular weight is 366 g/mol. The Kier molecular flexibility index (Phi) is 4.92. The van der Waals surface area contributed by atoms with Crippen LogP contribution in [0.1, 0.15) is 41.6 Å². The van der Waals surface area contributed by atoms with Gasteiger partial charge in [0.2, 0.25) is 6.79 Å². The van der Waals surface area contributed by atoms with Gasteiger partial charge in [-0.25, -0.2) is 0 Å². The summed E-state index contributed by atoms with van der Waals surface area (Å²) in [5.74, 6) is 1.64. The lowest BCUT2D eigenvalue weighted by atomic mass is 10.1. The van der Waals surface area contributed by atoms with Gasteiger partial charge in [-0.3, -0.25) is 4.79 Å². The summed E-state index contributed by atoms with van der Waals surface area (Å²) in [5.41, 5.74) is 2.85. The van der Waals surface area contributed by atoms with Crippen LogP contribution in [0, 0.1) is 0 Å². The van der Waals surface area contributed by atoms with Crippen molar-refractivity contribution < 1.29 is 14.3 Å². The number of fused-ring (bicyclic) bond motifs is 1. The molecule has 1 aliphatic heterocycles. The number of carbonyl (C=O) groups is 1. The molecule has 0 unspecified atom stereocenters. The molecule has 1 aliphatic carbocycles. The molecular formula is C22H26N2O3. The molecule has 142 valence electrons. The van der Waals surface area contributed by atoms with E-state index in [1.807, 2.05) is 66.4 Å². The van der Waals surface area contributed by atoms with Gasteiger partial charge in [0.05, 0.1) is 0 Å². The molecule has 2 aromatic carbocycles. The first-order chi connectivity index (χ1) is 13.1. The van der Waals surface area contributed by atoms with E-state index in [-0.39, 0.29) is 12.7 Å². The van der Waals surface area contributed by atoms with Crippen LogP contribution in [-0.4, -0.2) is 37.7 Å². The zero-order valence-electron chi connectivity index (χ0n) is 16.0. The van der Waals surface area contributed by atoms with Crippen molar-refractivity contribution in [2.24, 2.45) is 0 Å². The maximum Gasteiger partial charge on any atom is 0.254 e. The van der Waals surface area contributed by atoms with Crippen LogP contribution in [0.2, 0.25) is 0 Å². The zero-order valence-corrected chi connectivity index (χ0v) is 16.0. The molecule has 5 heteroatoms. The second kappa shape index (κ2) is 7.51. The van der Waals surface area contributed by atoms with Gasteiger partial charge in [-0.1, -0.05) is 25.0 Å². The number of benzene rings is 2. The molecule has 4 rings (SSSR count). The van der Waals surface area contributed by atoms with Gasteiger partial charge >= 0.3 is 0 Å². The highest BCUT2D eigenvalue weighted by Gasteiger charge is 2.28. The van der Waals surface area contributed by atoms with Crippen molar-refractivity contribution in [3.05, 3.63) is 53.6 Å². The van der Waals surface area contributed by atoms with Gasteiger partial charge in [-0.2, -0.15) is 0 Å². The largest absolute Gasteiger partial charge is 0.454 e. The summed E-state index contributed by atoms with van der Waals surface area (Å²) in [4.78, 5) is 17.5. The smallest absolute Gasteiger partial charge is 0.254 e. The van der Waals surface area contributed by atoms with Gasteiger partial charge in [0.15, 0.2) is 11.5 Å². The monoisotopic (exact) mass is 366 g/mol. The normalized spacial score (nSPS) is 15.8. The summed E-state index contributed by atoms with van der Waals surface area (Å²) in [6.07, 6.45) is 4.52. The van der Waals surface area contributed by atoms with Crippen LogP contribution in [0.15, 0.2) is 42.5 Å². The topological polar surface area (TPSA) is 42.0 Å². The maximum absolute atomic E-state index is 13.4. The molecule has 0 bridgehead atoms. The van der Waals surface area contributed by atoms with Crippen molar-refractivity contribution in [1.82, 2.24) is 4.90 Å². The van der Waals surface area contributed by atoms with Crippen LogP contribution in [0.5, 0.6) is 11.5 Å². The first-order valence-corrected chi connectivity index (χ1v) is 9.59. The number of carbonyl (C=O) groups excluding carboxylic acids is 1. The van der Waals surface area contributed by atoms with Crippen molar-refractivity contribution >= 4 is 11.6 Å². The second-order valence-electron chi connectivity index (χ2n) is 7.50. The Labute approximate surface area is 160 Å². The van der Waals surface area contributed by atoms with Crippen LogP contribution in [-0.2, 0) is 6.54 Å². The van der Waals surface area contributed by atoms with Gasteiger partial charge < -0.3 is 19.3 Å². The predicted octanol–water partition coefficient (Wildman–Crippen LogP) is 4.07. The van der Waals surface area contributed by atoms with E-state index in [4.69, 9.17) is 9.47 Å². The fraction of sp³-hybridized carbons (Fsp3) is 0.409. The molecule has 1 heterocycles. The Balaban J connectivity index is 1.61. The first kappa shape index (κ1) is 17.7. The molecule has 0 saturated heterocycles. The molecule has 0 N–H and O–H groups in total. The van der Waals surface area contributed by atoms with E-state index < -0.39 is 0 Å². The lowest BCUT2D eigenvalue weighted by Crippen LogP contribution is -2.38. The third-order valence-electron chi connectivity index (χ3n) is 5.43. The summed E-state index contributed by atoms with van der Waals surface area (Å²) in [6, 6.07) is 14.1. The summed E-state index contributed by atoms with van der Waals surface area (Å²) in [5, 5.41) is 0. The molecule has 0 atom stereocenters. The van der Waals surface area contributed by atoms with Gasteiger partial charge in [0, 0.05) is 37.9 Å². The van der Waals surface area contributed by atoms with Gasteiger partial charge in [0.1, 0.15) is 0 Å². The molecule has 0 radical (unpaired) electrons. The fourth-order valence-electron chi connectivity index (χ4n) is 3.90. The molecule has 1 saturated carbocycles. The number of ether oxygens (including phenoxy) is 2. The molecule has 2 aromatic rings. The van der Waals surface area contributed by atoms with E-state index >= 15 is 0 Å². The summed E-state index contributed by atoms with van der Waals surface area (Å²) >= 11 is 0. The first-order valence-electron chi connectivity index (χ1n) is 9.59. The van der Waals surface area contributed by atoms with E-state index in [0.29, 0.717) is 12.6 Å². The summed E-state index contributed by atoms with van der Waals surface area (Å²) in [7, 11) is 3.98. The highest BCUT2D eigenvalue weighted by molar-refractivity contribution is 5.95. The molecule has 0 spiro atoms. The number of nitrogens with zero attached hydrogens (tertiary/aromatic N) is 2. The Morgan fingerprint density at radius 2 is 1.81 bits per heavy atom. The quantitative estimate of drug-likeness (QED) is 0.800. The van der Waals surface area contributed by atoms with Gasteiger partial charge in [0.25, 0.3) is 5.91 Å². The number of anilines is 1. The molecule has 1 amide bonds. The fourth-order valence-corrected chi connectivity index (χ4v) is 3.90. The van der Waals surface area contributed by atoms with Crippen molar-refractivity contribution in [2.45, 2.75) is 38.3 Å².